The summed E-state index contributed by atoms with van der Waals surface area (Å²) in [6.07, 6.45) is 4.77. The molecule has 1 aromatic heterocycles. The van der Waals surface area contributed by atoms with E-state index >= 15 is 0 Å². The lowest BCUT2D eigenvalue weighted by molar-refractivity contribution is 0.302. The van der Waals surface area contributed by atoms with Gasteiger partial charge in [-0.15, -0.1) is 0 Å². The van der Waals surface area contributed by atoms with Crippen molar-refractivity contribution in [1.82, 2.24) is 14.8 Å². The van der Waals surface area contributed by atoms with E-state index in [0.717, 1.165) is 17.0 Å². The first kappa shape index (κ1) is 12.8. The van der Waals surface area contributed by atoms with Crippen LogP contribution in [0.1, 0.15) is 58.8 Å². The molecule has 1 aromatic rings. The molecule has 0 aliphatic heterocycles. The van der Waals surface area contributed by atoms with Crippen LogP contribution in [0.2, 0.25) is 0 Å². The SMILES string of the molecule is CC(Cc1n[nH]c(=S)n1C1CC1)CC(C)(C)C. The van der Waals surface area contributed by atoms with Crippen molar-refractivity contribution in [3.05, 3.63) is 10.6 Å². The Bertz CT molecular complexity index is 434. The van der Waals surface area contributed by atoms with E-state index in [0.29, 0.717) is 17.4 Å². The largest absolute Gasteiger partial charge is 0.301 e. The van der Waals surface area contributed by atoms with E-state index in [1.807, 2.05) is 0 Å². The summed E-state index contributed by atoms with van der Waals surface area (Å²) in [5.74, 6) is 1.80. The fraction of sp³-hybridized carbons (Fsp3) is 0.846. The van der Waals surface area contributed by atoms with E-state index in [1.165, 1.54) is 19.3 Å². The molecule has 2 rings (SSSR count). The van der Waals surface area contributed by atoms with E-state index in [4.69, 9.17) is 12.2 Å². The Morgan fingerprint density at radius 3 is 2.65 bits per heavy atom. The van der Waals surface area contributed by atoms with Crippen LogP contribution in [0.4, 0.5) is 0 Å². The molecule has 1 aliphatic rings. The normalized spacial score (nSPS) is 18.4. The van der Waals surface area contributed by atoms with Crippen molar-refractivity contribution in [2.45, 2.75) is 59.4 Å². The van der Waals surface area contributed by atoms with Gasteiger partial charge in [-0.3, -0.25) is 5.10 Å². The van der Waals surface area contributed by atoms with Crippen LogP contribution in [-0.2, 0) is 6.42 Å². The maximum atomic E-state index is 5.30. The molecule has 0 amide bonds. The van der Waals surface area contributed by atoms with Crippen molar-refractivity contribution < 1.29 is 0 Å². The van der Waals surface area contributed by atoms with Gasteiger partial charge in [-0.05, 0) is 42.8 Å². The summed E-state index contributed by atoms with van der Waals surface area (Å²) in [6, 6.07) is 0.623. The van der Waals surface area contributed by atoms with Gasteiger partial charge in [0.05, 0.1) is 0 Å². The van der Waals surface area contributed by atoms with Crippen LogP contribution in [0, 0.1) is 16.1 Å². The van der Waals surface area contributed by atoms with Crippen LogP contribution in [0.15, 0.2) is 0 Å². The topological polar surface area (TPSA) is 33.6 Å². The van der Waals surface area contributed by atoms with E-state index in [-0.39, 0.29) is 0 Å². The van der Waals surface area contributed by atoms with Crippen molar-refractivity contribution in [2.24, 2.45) is 11.3 Å². The Morgan fingerprint density at radius 2 is 2.12 bits per heavy atom. The third-order valence-corrected chi connectivity index (χ3v) is 3.47. The van der Waals surface area contributed by atoms with Crippen LogP contribution in [0.25, 0.3) is 0 Å². The van der Waals surface area contributed by atoms with E-state index in [2.05, 4.69) is 42.5 Å². The Kier molecular flexibility index (Phi) is 3.43. The second kappa shape index (κ2) is 4.56. The Morgan fingerprint density at radius 1 is 1.47 bits per heavy atom. The Labute approximate surface area is 109 Å². The molecular formula is C13H23N3S. The van der Waals surface area contributed by atoms with Gasteiger partial charge in [-0.25, -0.2) is 0 Å². The third kappa shape index (κ3) is 3.41. The monoisotopic (exact) mass is 253 g/mol. The Hall–Kier alpha value is -0.640. The third-order valence-electron chi connectivity index (χ3n) is 3.18. The fourth-order valence-corrected chi connectivity index (χ4v) is 2.92. The molecule has 0 spiro atoms. The Balaban J connectivity index is 2.06. The maximum Gasteiger partial charge on any atom is 0.195 e. The van der Waals surface area contributed by atoms with Crippen LogP contribution < -0.4 is 0 Å². The predicted molar refractivity (Wildman–Crippen MR) is 72.6 cm³/mol. The van der Waals surface area contributed by atoms with Crippen molar-refractivity contribution >= 4 is 12.2 Å². The molecule has 0 radical (unpaired) electrons. The first-order chi connectivity index (χ1) is 7.87. The van der Waals surface area contributed by atoms with Gasteiger partial charge in [-0.1, -0.05) is 27.7 Å². The number of rotatable bonds is 4. The highest BCUT2D eigenvalue weighted by Crippen LogP contribution is 2.36. The zero-order valence-corrected chi connectivity index (χ0v) is 12.1. The number of nitrogens with one attached hydrogen (secondary N) is 1. The van der Waals surface area contributed by atoms with Gasteiger partial charge in [0, 0.05) is 12.5 Å². The van der Waals surface area contributed by atoms with Crippen LogP contribution >= 0.6 is 12.2 Å². The van der Waals surface area contributed by atoms with Crippen molar-refractivity contribution in [1.29, 1.82) is 0 Å². The summed E-state index contributed by atoms with van der Waals surface area (Å²) in [4.78, 5) is 0. The molecule has 4 heteroatoms. The number of H-pyrrole nitrogens is 1. The lowest BCUT2D eigenvalue weighted by Crippen LogP contribution is -2.15. The van der Waals surface area contributed by atoms with Gasteiger partial charge in [0.1, 0.15) is 5.82 Å². The van der Waals surface area contributed by atoms with Crippen molar-refractivity contribution in [2.75, 3.05) is 0 Å². The smallest absolute Gasteiger partial charge is 0.195 e. The first-order valence-electron chi connectivity index (χ1n) is 6.52. The van der Waals surface area contributed by atoms with Gasteiger partial charge in [0.2, 0.25) is 0 Å². The van der Waals surface area contributed by atoms with Gasteiger partial charge in [0.25, 0.3) is 0 Å². The van der Waals surface area contributed by atoms with E-state index in [9.17, 15) is 0 Å². The second-order valence-electron chi connectivity index (χ2n) is 6.62. The number of nitrogens with zero attached hydrogens (tertiary/aromatic N) is 2. The summed E-state index contributed by atoms with van der Waals surface area (Å²) in [5, 5.41) is 7.34. The van der Waals surface area contributed by atoms with E-state index in [1.54, 1.807) is 0 Å². The lowest BCUT2D eigenvalue weighted by atomic mass is 9.84. The molecule has 0 saturated heterocycles. The average Bonchev–Trinajstić information content (AvgIpc) is 2.90. The summed E-state index contributed by atoms with van der Waals surface area (Å²) in [7, 11) is 0. The van der Waals surface area contributed by atoms with Gasteiger partial charge in [0.15, 0.2) is 4.77 Å². The molecular weight excluding hydrogens is 230 g/mol. The molecule has 1 heterocycles. The summed E-state index contributed by atoms with van der Waals surface area (Å²) < 4.78 is 3.03. The minimum atomic E-state index is 0.386. The second-order valence-corrected chi connectivity index (χ2v) is 7.01. The fourth-order valence-electron chi connectivity index (χ4n) is 2.62. The molecule has 0 aromatic carbocycles. The average molecular weight is 253 g/mol. The highest BCUT2D eigenvalue weighted by molar-refractivity contribution is 7.71. The maximum absolute atomic E-state index is 5.30. The van der Waals surface area contributed by atoms with Crippen LogP contribution in [0.5, 0.6) is 0 Å². The van der Waals surface area contributed by atoms with Crippen molar-refractivity contribution in [3.63, 3.8) is 0 Å². The summed E-state index contributed by atoms with van der Waals surface area (Å²) in [5.41, 5.74) is 0.386. The number of aromatic nitrogens is 3. The number of hydrogen-bond donors (Lipinski definition) is 1. The summed E-state index contributed by atoms with van der Waals surface area (Å²) in [6.45, 7) is 9.19. The summed E-state index contributed by atoms with van der Waals surface area (Å²) >= 11 is 5.30. The molecule has 0 bridgehead atoms. The molecule has 96 valence electrons. The van der Waals surface area contributed by atoms with Gasteiger partial charge < -0.3 is 4.57 Å². The molecule has 1 fully saturated rings. The standard InChI is InChI=1S/C13H23N3S/c1-9(8-13(2,3)4)7-11-14-15-12(17)16(11)10-5-6-10/h9-10H,5-8H2,1-4H3,(H,15,17). The van der Waals surface area contributed by atoms with Crippen LogP contribution in [-0.4, -0.2) is 14.8 Å². The highest BCUT2D eigenvalue weighted by atomic mass is 32.1. The van der Waals surface area contributed by atoms with Crippen molar-refractivity contribution in [3.8, 4) is 0 Å². The van der Waals surface area contributed by atoms with Crippen LogP contribution in [0.3, 0.4) is 0 Å². The van der Waals surface area contributed by atoms with Gasteiger partial charge >= 0.3 is 0 Å². The molecule has 1 N–H and O–H groups in total. The molecule has 1 unspecified atom stereocenters. The quantitative estimate of drug-likeness (QED) is 0.826. The molecule has 3 nitrogen and oxygen atoms in total. The zero-order valence-electron chi connectivity index (χ0n) is 11.3. The molecule has 17 heavy (non-hydrogen) atoms. The predicted octanol–water partition coefficient (Wildman–Crippen LogP) is 3.89. The first-order valence-corrected chi connectivity index (χ1v) is 6.93. The zero-order chi connectivity index (χ0) is 12.6. The lowest BCUT2D eigenvalue weighted by Gasteiger charge is -2.23. The minimum absolute atomic E-state index is 0.386. The number of aromatic amines is 1. The van der Waals surface area contributed by atoms with E-state index < -0.39 is 0 Å². The molecule has 1 aliphatic carbocycles. The number of hydrogen-bond acceptors (Lipinski definition) is 2. The molecule has 1 saturated carbocycles. The highest BCUT2D eigenvalue weighted by Gasteiger charge is 2.28. The molecule has 1 atom stereocenters. The minimum Gasteiger partial charge on any atom is -0.301 e. The van der Waals surface area contributed by atoms with Gasteiger partial charge in [-0.2, -0.15) is 5.10 Å².